The van der Waals surface area contributed by atoms with Gasteiger partial charge in [-0.05, 0) is 33.6 Å². The number of hydrogen-bond acceptors (Lipinski definition) is 2. The number of guanidine groups is 1. The van der Waals surface area contributed by atoms with Crippen LogP contribution in [0.2, 0.25) is 0 Å². The molecule has 1 fully saturated rings. The average molecular weight is 341 g/mol. The summed E-state index contributed by atoms with van der Waals surface area (Å²) in [5, 5.41) is 0. The van der Waals surface area contributed by atoms with Crippen LogP contribution in [-0.2, 0) is 4.74 Å². The SMILES string of the molecule is CN(C(N)=NCCOC(C)(C)C)C1CC1.I. The summed E-state index contributed by atoms with van der Waals surface area (Å²) in [5.74, 6) is 0.634. The molecular formula is C11H24IN3O. The van der Waals surface area contributed by atoms with Crippen molar-refractivity contribution >= 4 is 29.9 Å². The average Bonchev–Trinajstić information content (AvgIpc) is 2.92. The van der Waals surface area contributed by atoms with E-state index in [0.29, 0.717) is 25.2 Å². The summed E-state index contributed by atoms with van der Waals surface area (Å²) in [4.78, 5) is 6.34. The summed E-state index contributed by atoms with van der Waals surface area (Å²) in [5.41, 5.74) is 5.74. The Bertz CT molecular complexity index is 234. The Kier molecular flexibility index (Phi) is 6.62. The van der Waals surface area contributed by atoms with E-state index in [9.17, 15) is 0 Å². The molecule has 0 bridgehead atoms. The van der Waals surface area contributed by atoms with Crippen molar-refractivity contribution in [2.75, 3.05) is 20.2 Å². The second-order valence-electron chi connectivity index (χ2n) is 5.04. The lowest BCUT2D eigenvalue weighted by Crippen LogP contribution is -2.36. The molecule has 0 aliphatic heterocycles. The van der Waals surface area contributed by atoms with Crippen LogP contribution < -0.4 is 5.73 Å². The highest BCUT2D eigenvalue weighted by molar-refractivity contribution is 14.0. The molecule has 0 unspecified atom stereocenters. The zero-order chi connectivity index (χ0) is 11.5. The van der Waals surface area contributed by atoms with Gasteiger partial charge in [0.25, 0.3) is 0 Å². The Labute approximate surface area is 116 Å². The second kappa shape index (κ2) is 6.64. The first kappa shape index (κ1) is 16.0. The predicted octanol–water partition coefficient (Wildman–Crippen LogP) is 1.83. The Balaban J connectivity index is 0.00000225. The summed E-state index contributed by atoms with van der Waals surface area (Å²) in [7, 11) is 2.00. The Morgan fingerprint density at radius 2 is 2.00 bits per heavy atom. The van der Waals surface area contributed by atoms with Gasteiger partial charge >= 0.3 is 0 Å². The summed E-state index contributed by atoms with van der Waals surface area (Å²) in [6.07, 6.45) is 2.48. The Morgan fingerprint density at radius 1 is 1.44 bits per heavy atom. The molecule has 4 nitrogen and oxygen atoms in total. The van der Waals surface area contributed by atoms with Gasteiger partial charge in [0.1, 0.15) is 0 Å². The van der Waals surface area contributed by atoms with E-state index in [2.05, 4.69) is 9.89 Å². The van der Waals surface area contributed by atoms with Crippen LogP contribution in [0.15, 0.2) is 4.99 Å². The molecule has 0 amide bonds. The fourth-order valence-corrected chi connectivity index (χ4v) is 1.27. The molecule has 0 aromatic heterocycles. The first-order chi connectivity index (χ1) is 6.90. The third-order valence-corrected chi connectivity index (χ3v) is 2.36. The largest absolute Gasteiger partial charge is 0.374 e. The number of rotatable bonds is 4. The zero-order valence-electron chi connectivity index (χ0n) is 10.7. The normalized spacial score (nSPS) is 16.9. The van der Waals surface area contributed by atoms with Crippen molar-refractivity contribution in [3.8, 4) is 0 Å². The molecule has 0 atom stereocenters. The van der Waals surface area contributed by atoms with Crippen LogP contribution >= 0.6 is 24.0 Å². The van der Waals surface area contributed by atoms with Gasteiger partial charge in [-0.3, -0.25) is 4.99 Å². The van der Waals surface area contributed by atoms with Crippen molar-refractivity contribution in [2.45, 2.75) is 45.3 Å². The van der Waals surface area contributed by atoms with E-state index < -0.39 is 0 Å². The van der Waals surface area contributed by atoms with Crippen molar-refractivity contribution in [3.63, 3.8) is 0 Å². The lowest BCUT2D eigenvalue weighted by molar-refractivity contribution is 0.00205. The third-order valence-electron chi connectivity index (χ3n) is 2.36. The summed E-state index contributed by atoms with van der Waals surface area (Å²) >= 11 is 0. The molecule has 0 aromatic carbocycles. The standard InChI is InChI=1S/C11H23N3O.HI/c1-11(2,3)15-8-7-13-10(12)14(4)9-5-6-9;/h9H,5-8H2,1-4H3,(H2,12,13);1H. The van der Waals surface area contributed by atoms with Gasteiger partial charge in [-0.25, -0.2) is 0 Å². The van der Waals surface area contributed by atoms with E-state index in [4.69, 9.17) is 10.5 Å². The molecule has 0 spiro atoms. The smallest absolute Gasteiger partial charge is 0.191 e. The molecule has 0 heterocycles. The maximum absolute atomic E-state index is 5.83. The van der Waals surface area contributed by atoms with Crippen LogP contribution in [0, 0.1) is 0 Å². The minimum absolute atomic E-state index is 0. The molecule has 0 radical (unpaired) electrons. The summed E-state index contributed by atoms with van der Waals surface area (Å²) in [6.45, 7) is 7.38. The molecular weight excluding hydrogens is 317 g/mol. The molecule has 1 aliphatic carbocycles. The minimum Gasteiger partial charge on any atom is -0.374 e. The molecule has 1 rings (SSSR count). The number of nitrogens with two attached hydrogens (primary N) is 1. The highest BCUT2D eigenvalue weighted by atomic mass is 127. The number of hydrogen-bond donors (Lipinski definition) is 1. The first-order valence-electron chi connectivity index (χ1n) is 5.57. The van der Waals surface area contributed by atoms with Crippen molar-refractivity contribution in [3.05, 3.63) is 0 Å². The van der Waals surface area contributed by atoms with Gasteiger partial charge in [0.05, 0.1) is 18.8 Å². The molecule has 0 aromatic rings. The van der Waals surface area contributed by atoms with Gasteiger partial charge in [-0.15, -0.1) is 24.0 Å². The van der Waals surface area contributed by atoms with E-state index in [1.54, 1.807) is 0 Å². The van der Waals surface area contributed by atoms with Crippen LogP contribution in [0.5, 0.6) is 0 Å². The van der Waals surface area contributed by atoms with Gasteiger partial charge in [-0.2, -0.15) is 0 Å². The number of ether oxygens (including phenoxy) is 1. The Hall–Kier alpha value is -0.0400. The molecule has 5 heteroatoms. The fourth-order valence-electron chi connectivity index (χ4n) is 1.27. The van der Waals surface area contributed by atoms with E-state index in [1.165, 1.54) is 12.8 Å². The second-order valence-corrected chi connectivity index (χ2v) is 5.04. The summed E-state index contributed by atoms with van der Waals surface area (Å²) < 4.78 is 5.55. The lowest BCUT2D eigenvalue weighted by atomic mass is 10.2. The lowest BCUT2D eigenvalue weighted by Gasteiger charge is -2.20. The quantitative estimate of drug-likeness (QED) is 0.367. The van der Waals surface area contributed by atoms with Gasteiger partial charge < -0.3 is 15.4 Å². The third kappa shape index (κ3) is 6.52. The Morgan fingerprint density at radius 3 is 2.44 bits per heavy atom. The minimum atomic E-state index is -0.0906. The van der Waals surface area contributed by atoms with E-state index in [-0.39, 0.29) is 29.6 Å². The molecule has 96 valence electrons. The molecule has 2 N–H and O–H groups in total. The van der Waals surface area contributed by atoms with Gasteiger partial charge in [0.15, 0.2) is 5.96 Å². The van der Waals surface area contributed by atoms with Crippen molar-refractivity contribution in [2.24, 2.45) is 10.7 Å². The van der Waals surface area contributed by atoms with Crippen LogP contribution in [0.1, 0.15) is 33.6 Å². The molecule has 1 saturated carbocycles. The van der Waals surface area contributed by atoms with Gasteiger partial charge in [-0.1, -0.05) is 0 Å². The first-order valence-corrected chi connectivity index (χ1v) is 5.57. The zero-order valence-corrected chi connectivity index (χ0v) is 13.0. The van der Waals surface area contributed by atoms with Crippen molar-refractivity contribution < 1.29 is 4.74 Å². The number of aliphatic imine (C=N–C) groups is 1. The van der Waals surface area contributed by atoms with Gasteiger partial charge in [0, 0.05) is 13.1 Å². The van der Waals surface area contributed by atoms with E-state index >= 15 is 0 Å². The van der Waals surface area contributed by atoms with Crippen molar-refractivity contribution in [1.82, 2.24) is 4.90 Å². The molecule has 0 saturated heterocycles. The highest BCUT2D eigenvalue weighted by Crippen LogP contribution is 2.24. The summed E-state index contributed by atoms with van der Waals surface area (Å²) in [6, 6.07) is 0.622. The van der Waals surface area contributed by atoms with Gasteiger partial charge in [0.2, 0.25) is 0 Å². The van der Waals surface area contributed by atoms with Crippen LogP contribution in [0.4, 0.5) is 0 Å². The van der Waals surface area contributed by atoms with Crippen molar-refractivity contribution in [1.29, 1.82) is 0 Å². The molecule has 16 heavy (non-hydrogen) atoms. The van der Waals surface area contributed by atoms with Crippen LogP contribution in [-0.4, -0.2) is 42.7 Å². The predicted molar refractivity (Wildman–Crippen MR) is 78.4 cm³/mol. The van der Waals surface area contributed by atoms with Crippen LogP contribution in [0.25, 0.3) is 0 Å². The van der Waals surface area contributed by atoms with E-state index in [1.807, 2.05) is 27.8 Å². The number of halogens is 1. The van der Waals surface area contributed by atoms with E-state index in [0.717, 1.165) is 0 Å². The topological polar surface area (TPSA) is 50.8 Å². The fraction of sp³-hybridized carbons (Fsp3) is 0.909. The molecule has 1 aliphatic rings. The maximum atomic E-state index is 5.83. The monoisotopic (exact) mass is 341 g/mol. The maximum Gasteiger partial charge on any atom is 0.191 e. The van der Waals surface area contributed by atoms with Crippen LogP contribution in [0.3, 0.4) is 0 Å². The number of nitrogens with zero attached hydrogens (tertiary/aromatic N) is 2. The highest BCUT2D eigenvalue weighted by Gasteiger charge is 2.27.